The van der Waals surface area contributed by atoms with Gasteiger partial charge in [-0.3, -0.25) is 9.69 Å². The fraction of sp³-hybridized carbons (Fsp3) is 0.231. The predicted octanol–water partition coefficient (Wildman–Crippen LogP) is 5.88. The van der Waals surface area contributed by atoms with Crippen LogP contribution in [0.1, 0.15) is 31.4 Å². The summed E-state index contributed by atoms with van der Waals surface area (Å²) in [5.41, 5.74) is 2.00. The van der Waals surface area contributed by atoms with E-state index in [1.54, 1.807) is 12.1 Å². The van der Waals surface area contributed by atoms with Crippen molar-refractivity contribution >= 4 is 44.7 Å². The van der Waals surface area contributed by atoms with Crippen molar-refractivity contribution in [2.75, 3.05) is 13.2 Å². The largest absolute Gasteiger partial charge is 0.490 e. The third kappa shape index (κ3) is 5.03. The smallest absolute Gasteiger partial charge is 0.329 e. The lowest BCUT2D eigenvalue weighted by atomic mass is 10.1. The van der Waals surface area contributed by atoms with Crippen LogP contribution in [0.2, 0.25) is 0 Å². The van der Waals surface area contributed by atoms with E-state index in [4.69, 9.17) is 9.47 Å². The maximum Gasteiger partial charge on any atom is 0.329 e. The second-order valence-electron chi connectivity index (χ2n) is 7.68. The summed E-state index contributed by atoms with van der Waals surface area (Å²) in [5.74, 6) is 0.816. The molecule has 3 amide bonds. The SMILES string of the molecule is CCCN1C(=O)N/C(=C/c2cc(Br)c(OCc3ccc4ccccc4c3)c(OCC)c2)C1=O. The van der Waals surface area contributed by atoms with Crippen molar-refractivity contribution < 1.29 is 19.1 Å². The molecular formula is C26H25BrN2O4. The highest BCUT2D eigenvalue weighted by Gasteiger charge is 2.32. The normalized spacial score (nSPS) is 14.8. The number of amides is 3. The Hall–Kier alpha value is -3.32. The summed E-state index contributed by atoms with van der Waals surface area (Å²) in [6.07, 6.45) is 2.35. The minimum Gasteiger partial charge on any atom is -0.490 e. The molecule has 0 unspecified atom stereocenters. The number of carbonyl (C=O) groups is 2. The average molecular weight is 509 g/mol. The van der Waals surface area contributed by atoms with Crippen LogP contribution in [0.4, 0.5) is 4.79 Å². The molecule has 3 aromatic carbocycles. The molecule has 0 aliphatic carbocycles. The Kier molecular flexibility index (Phi) is 6.99. The molecule has 1 heterocycles. The van der Waals surface area contributed by atoms with E-state index in [-0.39, 0.29) is 11.6 Å². The van der Waals surface area contributed by atoms with Gasteiger partial charge in [-0.05, 0) is 75.4 Å². The molecule has 6 nitrogen and oxygen atoms in total. The van der Waals surface area contributed by atoms with Crippen LogP contribution in [0.25, 0.3) is 16.8 Å². The first-order chi connectivity index (χ1) is 16.0. The summed E-state index contributed by atoms with van der Waals surface area (Å²) < 4.78 is 12.6. The third-order valence-corrected chi connectivity index (χ3v) is 5.84. The highest BCUT2D eigenvalue weighted by atomic mass is 79.9. The van der Waals surface area contributed by atoms with Gasteiger partial charge >= 0.3 is 6.03 Å². The molecule has 1 fully saturated rings. The summed E-state index contributed by atoms with van der Waals surface area (Å²) in [5, 5.41) is 4.98. The summed E-state index contributed by atoms with van der Waals surface area (Å²) in [6, 6.07) is 17.7. The van der Waals surface area contributed by atoms with Crippen LogP contribution in [0.3, 0.4) is 0 Å². The van der Waals surface area contributed by atoms with E-state index in [9.17, 15) is 9.59 Å². The van der Waals surface area contributed by atoms with Crippen LogP contribution < -0.4 is 14.8 Å². The van der Waals surface area contributed by atoms with Gasteiger partial charge in [0.2, 0.25) is 0 Å². The summed E-state index contributed by atoms with van der Waals surface area (Å²) in [7, 11) is 0. The molecule has 0 atom stereocenters. The lowest BCUT2D eigenvalue weighted by molar-refractivity contribution is -0.122. The van der Waals surface area contributed by atoms with Crippen LogP contribution in [0.5, 0.6) is 11.5 Å². The summed E-state index contributed by atoms with van der Waals surface area (Å²) in [6.45, 7) is 5.04. The Labute approximate surface area is 201 Å². The Morgan fingerprint density at radius 1 is 1.00 bits per heavy atom. The zero-order chi connectivity index (χ0) is 23.4. The molecule has 0 saturated carbocycles. The van der Waals surface area contributed by atoms with Crippen molar-refractivity contribution in [2.24, 2.45) is 0 Å². The minimum atomic E-state index is -0.396. The molecule has 0 bridgehead atoms. The van der Waals surface area contributed by atoms with Crippen molar-refractivity contribution in [2.45, 2.75) is 26.9 Å². The predicted molar refractivity (Wildman–Crippen MR) is 132 cm³/mol. The van der Waals surface area contributed by atoms with Gasteiger partial charge in [0.25, 0.3) is 5.91 Å². The van der Waals surface area contributed by atoms with Crippen LogP contribution in [0, 0.1) is 0 Å². The molecule has 1 saturated heterocycles. The molecule has 0 aromatic heterocycles. The molecule has 0 spiro atoms. The van der Waals surface area contributed by atoms with Crippen molar-refractivity contribution in [1.82, 2.24) is 10.2 Å². The van der Waals surface area contributed by atoms with Crippen molar-refractivity contribution in [3.63, 3.8) is 0 Å². The topological polar surface area (TPSA) is 67.9 Å². The monoisotopic (exact) mass is 508 g/mol. The number of nitrogens with zero attached hydrogens (tertiary/aromatic N) is 1. The number of imide groups is 1. The van der Waals surface area contributed by atoms with Gasteiger partial charge in [-0.25, -0.2) is 4.79 Å². The van der Waals surface area contributed by atoms with Crippen LogP contribution >= 0.6 is 15.9 Å². The maximum absolute atomic E-state index is 12.5. The standard InChI is InChI=1S/C26H25BrN2O4/c1-3-11-29-25(30)22(28-26(29)31)14-18-13-21(27)24(23(15-18)32-4-2)33-16-17-9-10-19-7-5-6-8-20(19)12-17/h5-10,12-15H,3-4,11,16H2,1-2H3,(H,28,31)/b22-14+. The number of rotatable bonds is 8. The highest BCUT2D eigenvalue weighted by molar-refractivity contribution is 9.10. The van der Waals surface area contributed by atoms with Gasteiger partial charge in [-0.15, -0.1) is 0 Å². The van der Waals surface area contributed by atoms with E-state index >= 15 is 0 Å². The van der Waals surface area contributed by atoms with Gasteiger partial charge in [0.1, 0.15) is 12.3 Å². The number of nitrogens with one attached hydrogen (secondary N) is 1. The Morgan fingerprint density at radius 2 is 1.79 bits per heavy atom. The molecule has 0 radical (unpaired) electrons. The minimum absolute atomic E-state index is 0.243. The Balaban J connectivity index is 1.58. The number of fused-ring (bicyclic) bond motifs is 1. The number of urea groups is 1. The zero-order valence-corrected chi connectivity index (χ0v) is 20.1. The fourth-order valence-corrected chi connectivity index (χ4v) is 4.30. The van der Waals surface area contributed by atoms with E-state index in [0.717, 1.165) is 10.9 Å². The molecule has 1 N–H and O–H groups in total. The molecule has 1 aliphatic rings. The lowest BCUT2D eigenvalue weighted by Gasteiger charge is -2.15. The molecule has 1 aliphatic heterocycles. The van der Waals surface area contributed by atoms with Gasteiger partial charge in [0.05, 0.1) is 11.1 Å². The van der Waals surface area contributed by atoms with Gasteiger partial charge in [0, 0.05) is 6.54 Å². The second kappa shape index (κ2) is 10.1. The zero-order valence-electron chi connectivity index (χ0n) is 18.6. The van der Waals surface area contributed by atoms with Crippen molar-refractivity contribution in [3.05, 3.63) is 75.9 Å². The van der Waals surface area contributed by atoms with E-state index in [0.29, 0.717) is 47.7 Å². The number of halogens is 1. The fourth-order valence-electron chi connectivity index (χ4n) is 3.72. The molecule has 4 rings (SSSR count). The summed E-state index contributed by atoms with van der Waals surface area (Å²) >= 11 is 3.58. The van der Waals surface area contributed by atoms with Gasteiger partial charge < -0.3 is 14.8 Å². The Morgan fingerprint density at radius 3 is 2.55 bits per heavy atom. The first-order valence-electron chi connectivity index (χ1n) is 10.9. The first-order valence-corrected chi connectivity index (χ1v) is 11.7. The molecule has 170 valence electrons. The quantitative estimate of drug-likeness (QED) is 0.304. The van der Waals surface area contributed by atoms with Crippen LogP contribution in [0.15, 0.2) is 64.8 Å². The van der Waals surface area contributed by atoms with Gasteiger partial charge in [-0.1, -0.05) is 43.3 Å². The Bertz CT molecular complexity index is 1240. The number of hydrogen-bond acceptors (Lipinski definition) is 4. The molecule has 7 heteroatoms. The van der Waals surface area contributed by atoms with Crippen molar-refractivity contribution in [1.29, 1.82) is 0 Å². The van der Waals surface area contributed by atoms with Crippen LogP contribution in [-0.4, -0.2) is 30.0 Å². The highest BCUT2D eigenvalue weighted by Crippen LogP contribution is 2.38. The molecular weight excluding hydrogens is 484 g/mol. The van der Waals surface area contributed by atoms with E-state index in [1.807, 2.05) is 38.1 Å². The first kappa shape index (κ1) is 22.9. The number of hydrogen-bond donors (Lipinski definition) is 1. The lowest BCUT2D eigenvalue weighted by Crippen LogP contribution is -2.31. The van der Waals surface area contributed by atoms with Gasteiger partial charge in [-0.2, -0.15) is 0 Å². The van der Waals surface area contributed by atoms with Gasteiger partial charge in [0.15, 0.2) is 11.5 Å². The molecule has 3 aromatic rings. The van der Waals surface area contributed by atoms with Crippen LogP contribution in [-0.2, 0) is 11.4 Å². The number of ether oxygens (including phenoxy) is 2. The number of carbonyl (C=O) groups excluding carboxylic acids is 2. The van der Waals surface area contributed by atoms with E-state index in [2.05, 4.69) is 45.5 Å². The average Bonchev–Trinajstić information content (AvgIpc) is 3.06. The second-order valence-corrected chi connectivity index (χ2v) is 8.53. The van der Waals surface area contributed by atoms with Crippen molar-refractivity contribution in [3.8, 4) is 11.5 Å². The third-order valence-electron chi connectivity index (χ3n) is 5.25. The molecule has 33 heavy (non-hydrogen) atoms. The van der Waals surface area contributed by atoms with E-state index < -0.39 is 6.03 Å². The maximum atomic E-state index is 12.5. The summed E-state index contributed by atoms with van der Waals surface area (Å²) in [4.78, 5) is 25.8. The van der Waals surface area contributed by atoms with E-state index in [1.165, 1.54) is 10.3 Å². The number of benzene rings is 3.